The van der Waals surface area contributed by atoms with Gasteiger partial charge in [-0.25, -0.2) is 4.39 Å². The Hall–Kier alpha value is -2.36. The lowest BCUT2D eigenvalue weighted by Crippen LogP contribution is -2.44. The van der Waals surface area contributed by atoms with E-state index in [1.807, 2.05) is 32.0 Å². The summed E-state index contributed by atoms with van der Waals surface area (Å²) in [7, 11) is 1.67. The third kappa shape index (κ3) is 9.12. The van der Waals surface area contributed by atoms with E-state index < -0.39 is 0 Å². The number of ether oxygens (including phenoxy) is 1. The molecule has 1 amide bonds. The van der Waals surface area contributed by atoms with Gasteiger partial charge in [0.25, 0.3) is 5.91 Å². The van der Waals surface area contributed by atoms with Crippen molar-refractivity contribution in [2.75, 3.05) is 26.7 Å². The zero-order valence-corrected chi connectivity index (χ0v) is 19.2. The van der Waals surface area contributed by atoms with Crippen LogP contribution in [0.5, 0.6) is 5.75 Å². The zero-order valence-electron chi connectivity index (χ0n) is 16.9. The average Bonchev–Trinajstić information content (AvgIpc) is 2.69. The molecule has 2 aromatic carbocycles. The molecule has 29 heavy (non-hydrogen) atoms. The van der Waals surface area contributed by atoms with Crippen molar-refractivity contribution in [3.05, 3.63) is 65.5 Å². The van der Waals surface area contributed by atoms with Crippen LogP contribution in [0.2, 0.25) is 0 Å². The molecule has 2 aromatic rings. The predicted octanol–water partition coefficient (Wildman–Crippen LogP) is 3.11. The maximum atomic E-state index is 12.9. The maximum absolute atomic E-state index is 12.9. The van der Waals surface area contributed by atoms with Gasteiger partial charge in [-0.05, 0) is 50.2 Å². The molecule has 0 radical (unpaired) electrons. The number of carbonyl (C=O) groups excluding carboxylic acids is 1. The number of amides is 1. The molecule has 0 fully saturated rings. The van der Waals surface area contributed by atoms with Crippen LogP contribution in [0.25, 0.3) is 0 Å². The van der Waals surface area contributed by atoms with Crippen molar-refractivity contribution in [1.82, 2.24) is 16.0 Å². The van der Waals surface area contributed by atoms with E-state index in [4.69, 9.17) is 4.74 Å². The van der Waals surface area contributed by atoms with Crippen LogP contribution in [0.3, 0.4) is 0 Å². The van der Waals surface area contributed by atoms with E-state index in [9.17, 15) is 9.18 Å². The highest BCUT2D eigenvalue weighted by molar-refractivity contribution is 14.0. The summed E-state index contributed by atoms with van der Waals surface area (Å²) >= 11 is 0. The first-order valence-corrected chi connectivity index (χ1v) is 9.19. The highest BCUT2D eigenvalue weighted by Gasteiger charge is 2.07. The number of benzene rings is 2. The van der Waals surface area contributed by atoms with Gasteiger partial charge in [0, 0.05) is 25.7 Å². The lowest BCUT2D eigenvalue weighted by atomic mass is 10.1. The summed E-state index contributed by atoms with van der Waals surface area (Å²) in [5, 5.41) is 9.16. The first kappa shape index (κ1) is 24.7. The van der Waals surface area contributed by atoms with E-state index in [1.165, 1.54) is 12.1 Å². The zero-order chi connectivity index (χ0) is 20.4. The van der Waals surface area contributed by atoms with Gasteiger partial charge in [-0.2, -0.15) is 0 Å². The first-order chi connectivity index (χ1) is 13.5. The van der Waals surface area contributed by atoms with Crippen LogP contribution < -0.4 is 20.7 Å². The van der Waals surface area contributed by atoms with Crippen molar-refractivity contribution < 1.29 is 13.9 Å². The second-order valence-corrected chi connectivity index (χ2v) is 6.39. The van der Waals surface area contributed by atoms with Gasteiger partial charge in [0.15, 0.2) is 5.96 Å². The Balaban J connectivity index is 0.00000420. The summed E-state index contributed by atoms with van der Waals surface area (Å²) in [6, 6.07) is 13.4. The predicted molar refractivity (Wildman–Crippen MR) is 125 cm³/mol. The number of aryl methyl sites for hydroxylation is 1. The molecule has 0 aliphatic heterocycles. The van der Waals surface area contributed by atoms with Crippen molar-refractivity contribution in [3.63, 3.8) is 0 Å². The van der Waals surface area contributed by atoms with Crippen LogP contribution in [-0.4, -0.2) is 44.7 Å². The molecule has 0 aliphatic rings. The summed E-state index contributed by atoms with van der Waals surface area (Å²) in [6.07, 6.45) is -0.134. The van der Waals surface area contributed by atoms with E-state index in [2.05, 4.69) is 20.9 Å². The molecule has 0 saturated heterocycles. The van der Waals surface area contributed by atoms with E-state index in [1.54, 1.807) is 25.2 Å². The van der Waals surface area contributed by atoms with Crippen LogP contribution in [0.1, 0.15) is 22.8 Å². The average molecular weight is 514 g/mol. The number of hydrogen-bond donors (Lipinski definition) is 3. The summed E-state index contributed by atoms with van der Waals surface area (Å²) in [6.45, 7) is 5.38. The number of hydrogen-bond acceptors (Lipinski definition) is 3. The largest absolute Gasteiger partial charge is 0.489 e. The quantitative estimate of drug-likeness (QED) is 0.219. The van der Waals surface area contributed by atoms with E-state index >= 15 is 0 Å². The van der Waals surface area contributed by atoms with E-state index in [0.29, 0.717) is 36.9 Å². The van der Waals surface area contributed by atoms with E-state index in [-0.39, 0.29) is 41.8 Å². The van der Waals surface area contributed by atoms with Crippen molar-refractivity contribution in [3.8, 4) is 5.75 Å². The monoisotopic (exact) mass is 514 g/mol. The van der Waals surface area contributed by atoms with Gasteiger partial charge in [-0.15, -0.1) is 24.0 Å². The smallest absolute Gasteiger partial charge is 0.251 e. The maximum Gasteiger partial charge on any atom is 0.251 e. The summed E-state index contributed by atoms with van der Waals surface area (Å²) in [5.41, 5.74) is 1.70. The number of guanidine groups is 1. The molecule has 0 aliphatic carbocycles. The topological polar surface area (TPSA) is 74.8 Å². The van der Waals surface area contributed by atoms with Crippen LogP contribution in [0.15, 0.2) is 53.5 Å². The third-order valence-electron chi connectivity index (χ3n) is 3.91. The Labute approximate surface area is 188 Å². The Bertz CT molecular complexity index is 800. The highest BCUT2D eigenvalue weighted by atomic mass is 127. The molecule has 0 spiro atoms. The Morgan fingerprint density at radius 3 is 2.45 bits per heavy atom. The minimum absolute atomic E-state index is 0. The van der Waals surface area contributed by atoms with E-state index in [0.717, 1.165) is 5.56 Å². The van der Waals surface area contributed by atoms with Gasteiger partial charge >= 0.3 is 0 Å². The normalized spacial score (nSPS) is 11.8. The Kier molecular flexibility index (Phi) is 11.0. The number of aliphatic imine (C=N–C) groups is 1. The molecule has 1 unspecified atom stereocenters. The fourth-order valence-electron chi connectivity index (χ4n) is 2.49. The molecule has 6 nitrogen and oxygen atoms in total. The molecule has 158 valence electrons. The van der Waals surface area contributed by atoms with Crippen molar-refractivity contribution >= 4 is 35.8 Å². The SMILES string of the molecule is CN=C(NCCNC(=O)c1cccc(C)c1)NCC(C)Oc1ccc(F)cc1.I. The van der Waals surface area contributed by atoms with Gasteiger partial charge in [-0.1, -0.05) is 17.7 Å². The highest BCUT2D eigenvalue weighted by Crippen LogP contribution is 2.12. The van der Waals surface area contributed by atoms with Crippen LogP contribution in [0, 0.1) is 12.7 Å². The van der Waals surface area contributed by atoms with Crippen LogP contribution >= 0.6 is 24.0 Å². The minimum atomic E-state index is -0.294. The fraction of sp³-hybridized carbons (Fsp3) is 0.333. The molecular weight excluding hydrogens is 486 g/mol. The summed E-state index contributed by atoms with van der Waals surface area (Å²) in [5.74, 6) is 0.823. The molecule has 0 aromatic heterocycles. The number of nitrogens with one attached hydrogen (secondary N) is 3. The third-order valence-corrected chi connectivity index (χ3v) is 3.91. The fourth-order valence-corrected chi connectivity index (χ4v) is 2.49. The Morgan fingerprint density at radius 1 is 1.10 bits per heavy atom. The lowest BCUT2D eigenvalue weighted by Gasteiger charge is -2.18. The number of nitrogens with zero attached hydrogens (tertiary/aromatic N) is 1. The van der Waals surface area contributed by atoms with Crippen LogP contribution in [0.4, 0.5) is 4.39 Å². The second-order valence-electron chi connectivity index (χ2n) is 6.39. The summed E-state index contributed by atoms with van der Waals surface area (Å²) in [4.78, 5) is 16.2. The molecule has 8 heteroatoms. The number of rotatable bonds is 8. The molecular formula is C21H28FIN4O2. The molecule has 0 bridgehead atoms. The second kappa shape index (κ2) is 13.0. The lowest BCUT2D eigenvalue weighted by molar-refractivity contribution is 0.0954. The minimum Gasteiger partial charge on any atom is -0.489 e. The van der Waals surface area contributed by atoms with Crippen molar-refractivity contribution in [2.45, 2.75) is 20.0 Å². The first-order valence-electron chi connectivity index (χ1n) is 9.19. The molecule has 0 heterocycles. The number of carbonyl (C=O) groups is 1. The van der Waals surface area contributed by atoms with Gasteiger partial charge in [0.05, 0.1) is 6.54 Å². The molecule has 0 saturated carbocycles. The summed E-state index contributed by atoms with van der Waals surface area (Å²) < 4.78 is 18.6. The van der Waals surface area contributed by atoms with Gasteiger partial charge in [0.1, 0.15) is 17.7 Å². The standard InChI is InChI=1S/C21H27FN4O2.HI/c1-15-5-4-6-17(13-15)20(27)24-11-12-25-21(23-3)26-14-16(2)28-19-9-7-18(22)8-10-19;/h4-10,13,16H,11-12,14H2,1-3H3,(H,24,27)(H2,23,25,26);1H. The van der Waals surface area contributed by atoms with Crippen LogP contribution in [-0.2, 0) is 0 Å². The van der Waals surface area contributed by atoms with Gasteiger partial charge in [-0.3, -0.25) is 9.79 Å². The molecule has 3 N–H and O–H groups in total. The Morgan fingerprint density at radius 2 is 1.79 bits per heavy atom. The number of halogens is 2. The van der Waals surface area contributed by atoms with Gasteiger partial charge < -0.3 is 20.7 Å². The van der Waals surface area contributed by atoms with Gasteiger partial charge in [0.2, 0.25) is 0 Å². The van der Waals surface area contributed by atoms with Crippen molar-refractivity contribution in [2.24, 2.45) is 4.99 Å². The molecule has 1 atom stereocenters. The van der Waals surface area contributed by atoms with Crippen molar-refractivity contribution in [1.29, 1.82) is 0 Å². The molecule has 2 rings (SSSR count).